The molecule has 2 heterocycles. The molecule has 0 aliphatic carbocycles. The first-order valence-electron chi connectivity index (χ1n) is 10.2. The van der Waals surface area contributed by atoms with E-state index in [1.54, 1.807) is 0 Å². The van der Waals surface area contributed by atoms with E-state index in [9.17, 15) is 9.59 Å². The minimum absolute atomic E-state index is 0.127. The molecule has 1 amide bonds. The lowest BCUT2D eigenvalue weighted by atomic mass is 9.84. The lowest BCUT2D eigenvalue weighted by Gasteiger charge is -2.25. The molecule has 0 radical (unpaired) electrons. The number of hydrogen-bond donors (Lipinski definition) is 2. The average Bonchev–Trinajstić information content (AvgIpc) is 2.77. The van der Waals surface area contributed by atoms with Crippen LogP contribution < -0.4 is 10.9 Å². The Hall–Kier alpha value is -3.38. The van der Waals surface area contributed by atoms with Crippen LogP contribution in [0.25, 0.3) is 10.8 Å². The van der Waals surface area contributed by atoms with Crippen LogP contribution in [-0.4, -0.2) is 15.9 Å². The maximum absolute atomic E-state index is 13.1. The SMILES string of the molecule is Cc1ccc(CSc2nc3c(c(=O)[nH]2)C(c2cccc4ccccc24)CC(=O)N3)cc1. The van der Waals surface area contributed by atoms with Gasteiger partial charge in [0.15, 0.2) is 5.16 Å². The number of benzene rings is 3. The molecule has 154 valence electrons. The normalized spacial score (nSPS) is 15.5. The van der Waals surface area contributed by atoms with Gasteiger partial charge < -0.3 is 10.3 Å². The summed E-state index contributed by atoms with van der Waals surface area (Å²) in [6.07, 6.45) is 0.224. The van der Waals surface area contributed by atoms with E-state index in [0.717, 1.165) is 21.9 Å². The van der Waals surface area contributed by atoms with Crippen LogP contribution in [0.1, 0.15) is 34.6 Å². The molecule has 0 fully saturated rings. The number of fused-ring (bicyclic) bond motifs is 2. The van der Waals surface area contributed by atoms with Gasteiger partial charge >= 0.3 is 0 Å². The number of nitrogens with zero attached hydrogens (tertiary/aromatic N) is 1. The third-order valence-corrected chi connectivity index (χ3v) is 6.57. The summed E-state index contributed by atoms with van der Waals surface area (Å²) < 4.78 is 0. The zero-order valence-electron chi connectivity index (χ0n) is 17.0. The highest BCUT2D eigenvalue weighted by Crippen LogP contribution is 2.37. The van der Waals surface area contributed by atoms with Gasteiger partial charge in [-0.3, -0.25) is 9.59 Å². The van der Waals surface area contributed by atoms with Crippen LogP contribution in [0.3, 0.4) is 0 Å². The maximum atomic E-state index is 13.1. The van der Waals surface area contributed by atoms with Gasteiger partial charge in [-0.05, 0) is 28.8 Å². The van der Waals surface area contributed by atoms with Gasteiger partial charge in [-0.25, -0.2) is 4.98 Å². The van der Waals surface area contributed by atoms with Gasteiger partial charge in [-0.15, -0.1) is 0 Å². The molecule has 1 aromatic heterocycles. The van der Waals surface area contributed by atoms with Crippen molar-refractivity contribution in [3.05, 3.63) is 99.3 Å². The minimum atomic E-state index is -0.331. The average molecular weight is 428 g/mol. The summed E-state index contributed by atoms with van der Waals surface area (Å²) in [4.78, 5) is 33.1. The molecule has 0 spiro atoms. The zero-order chi connectivity index (χ0) is 21.4. The number of carbonyl (C=O) groups excluding carboxylic acids is 1. The molecule has 0 saturated carbocycles. The Kier molecular flexibility index (Phi) is 5.08. The standard InChI is InChI=1S/C25H21N3O2S/c1-15-9-11-16(12-10-15)14-31-25-27-23-22(24(30)28-25)20(13-21(29)26-23)19-8-4-6-17-5-2-3-7-18(17)19/h2-12,20H,13-14H2,1H3,(H2,26,27,28,29,30). The summed E-state index contributed by atoms with van der Waals surface area (Å²) in [7, 11) is 0. The lowest BCUT2D eigenvalue weighted by Crippen LogP contribution is -2.31. The number of anilines is 1. The molecule has 3 aromatic carbocycles. The molecule has 5 rings (SSSR count). The fourth-order valence-corrected chi connectivity index (χ4v) is 4.89. The second-order valence-electron chi connectivity index (χ2n) is 7.78. The van der Waals surface area contributed by atoms with Crippen LogP contribution in [-0.2, 0) is 10.5 Å². The summed E-state index contributed by atoms with van der Waals surface area (Å²) in [5.74, 6) is 0.590. The van der Waals surface area contributed by atoms with Crippen molar-refractivity contribution in [1.29, 1.82) is 0 Å². The Morgan fingerprint density at radius 3 is 2.61 bits per heavy atom. The molecule has 4 aromatic rings. The predicted molar refractivity (Wildman–Crippen MR) is 125 cm³/mol. The monoisotopic (exact) mass is 427 g/mol. The largest absolute Gasteiger partial charge is 0.310 e. The summed E-state index contributed by atoms with van der Waals surface area (Å²) >= 11 is 1.45. The molecule has 1 aliphatic rings. The van der Waals surface area contributed by atoms with Crippen molar-refractivity contribution in [3.8, 4) is 0 Å². The second kappa shape index (κ2) is 8.04. The van der Waals surface area contributed by atoms with E-state index in [2.05, 4.69) is 46.5 Å². The number of rotatable bonds is 4. The third-order valence-electron chi connectivity index (χ3n) is 5.62. The first-order chi connectivity index (χ1) is 15.1. The van der Waals surface area contributed by atoms with Crippen LogP contribution in [0.15, 0.2) is 76.7 Å². The first-order valence-corrected chi connectivity index (χ1v) is 11.2. The Bertz CT molecular complexity index is 1340. The van der Waals surface area contributed by atoms with Gasteiger partial charge in [-0.2, -0.15) is 0 Å². The smallest absolute Gasteiger partial charge is 0.257 e. The van der Waals surface area contributed by atoms with Crippen molar-refractivity contribution in [2.45, 2.75) is 30.2 Å². The van der Waals surface area contributed by atoms with E-state index in [0.29, 0.717) is 22.3 Å². The van der Waals surface area contributed by atoms with E-state index in [1.807, 2.05) is 42.5 Å². The Morgan fingerprint density at radius 1 is 1.00 bits per heavy atom. The number of aromatic amines is 1. The third kappa shape index (κ3) is 3.86. The molecule has 0 saturated heterocycles. The number of hydrogen-bond acceptors (Lipinski definition) is 4. The van der Waals surface area contributed by atoms with Crippen molar-refractivity contribution >= 4 is 34.3 Å². The molecule has 5 nitrogen and oxygen atoms in total. The molecule has 1 atom stereocenters. The molecular formula is C25H21N3O2S. The van der Waals surface area contributed by atoms with E-state index < -0.39 is 0 Å². The summed E-state index contributed by atoms with van der Waals surface area (Å²) in [6.45, 7) is 2.05. The fraction of sp³-hybridized carbons (Fsp3) is 0.160. The highest BCUT2D eigenvalue weighted by molar-refractivity contribution is 7.98. The molecule has 0 bridgehead atoms. The summed E-state index contributed by atoms with van der Waals surface area (Å²) in [5, 5.41) is 5.45. The summed E-state index contributed by atoms with van der Waals surface area (Å²) in [5.41, 5.74) is 3.65. The molecule has 2 N–H and O–H groups in total. The number of H-pyrrole nitrogens is 1. The number of carbonyl (C=O) groups is 1. The van der Waals surface area contributed by atoms with Crippen LogP contribution in [0.5, 0.6) is 0 Å². The van der Waals surface area contributed by atoms with Crippen LogP contribution >= 0.6 is 11.8 Å². The molecular weight excluding hydrogens is 406 g/mol. The number of thioether (sulfide) groups is 1. The number of aromatic nitrogens is 2. The Balaban J connectivity index is 1.52. The summed E-state index contributed by atoms with van der Waals surface area (Å²) in [6, 6.07) is 22.3. The lowest BCUT2D eigenvalue weighted by molar-refractivity contribution is -0.116. The zero-order valence-corrected chi connectivity index (χ0v) is 17.8. The van der Waals surface area contributed by atoms with Crippen LogP contribution in [0.2, 0.25) is 0 Å². The van der Waals surface area contributed by atoms with E-state index in [4.69, 9.17) is 0 Å². The maximum Gasteiger partial charge on any atom is 0.257 e. The van der Waals surface area contributed by atoms with E-state index in [1.165, 1.54) is 17.3 Å². The highest BCUT2D eigenvalue weighted by Gasteiger charge is 2.31. The van der Waals surface area contributed by atoms with Gasteiger partial charge in [0.25, 0.3) is 5.56 Å². The number of amides is 1. The molecule has 31 heavy (non-hydrogen) atoms. The number of nitrogens with one attached hydrogen (secondary N) is 2. The highest BCUT2D eigenvalue weighted by atomic mass is 32.2. The van der Waals surface area contributed by atoms with Gasteiger partial charge in [0.2, 0.25) is 5.91 Å². The first kappa shape index (κ1) is 19.6. The van der Waals surface area contributed by atoms with Crippen LogP contribution in [0, 0.1) is 6.92 Å². The van der Waals surface area contributed by atoms with Gasteiger partial charge in [-0.1, -0.05) is 84.1 Å². The van der Waals surface area contributed by atoms with Crippen molar-refractivity contribution in [2.75, 3.05) is 5.32 Å². The Labute approximate surface area is 183 Å². The van der Waals surface area contributed by atoms with Crippen molar-refractivity contribution in [3.63, 3.8) is 0 Å². The van der Waals surface area contributed by atoms with E-state index >= 15 is 0 Å². The minimum Gasteiger partial charge on any atom is -0.310 e. The molecule has 6 heteroatoms. The van der Waals surface area contributed by atoms with Crippen LogP contribution in [0.4, 0.5) is 5.82 Å². The van der Waals surface area contributed by atoms with Gasteiger partial charge in [0.05, 0.1) is 5.56 Å². The topological polar surface area (TPSA) is 74.8 Å². The molecule has 1 unspecified atom stereocenters. The molecule has 1 aliphatic heterocycles. The van der Waals surface area contributed by atoms with Crippen molar-refractivity contribution < 1.29 is 4.79 Å². The fourth-order valence-electron chi connectivity index (χ4n) is 4.07. The van der Waals surface area contributed by atoms with E-state index in [-0.39, 0.29) is 23.8 Å². The number of aryl methyl sites for hydroxylation is 1. The van der Waals surface area contributed by atoms with Crippen molar-refractivity contribution in [2.24, 2.45) is 0 Å². The van der Waals surface area contributed by atoms with Gasteiger partial charge in [0, 0.05) is 18.1 Å². The Morgan fingerprint density at radius 2 is 1.77 bits per heavy atom. The van der Waals surface area contributed by atoms with Crippen molar-refractivity contribution in [1.82, 2.24) is 9.97 Å². The predicted octanol–water partition coefficient (Wildman–Crippen LogP) is 5.00. The second-order valence-corrected chi connectivity index (χ2v) is 8.74. The van der Waals surface area contributed by atoms with Gasteiger partial charge in [0.1, 0.15) is 5.82 Å². The quantitative estimate of drug-likeness (QED) is 0.355.